The van der Waals surface area contributed by atoms with Crippen molar-refractivity contribution in [3.05, 3.63) is 58.9 Å². The molecule has 4 aromatic heterocycles. The summed E-state index contributed by atoms with van der Waals surface area (Å²) in [6, 6.07) is 4.03. The van der Waals surface area contributed by atoms with Crippen LogP contribution in [0.1, 0.15) is 18.4 Å². The van der Waals surface area contributed by atoms with Gasteiger partial charge in [0.2, 0.25) is 0 Å². The molecule has 0 aliphatic carbocycles. The molecular weight excluding hydrogens is 324 g/mol. The van der Waals surface area contributed by atoms with E-state index < -0.39 is 0 Å². The van der Waals surface area contributed by atoms with Gasteiger partial charge in [0.1, 0.15) is 11.5 Å². The number of aromatic amines is 2. The van der Waals surface area contributed by atoms with Crippen LogP contribution in [0.15, 0.2) is 36.8 Å². The largest absolute Gasteiger partial charge is 0.352 e. The highest BCUT2D eigenvalue weighted by Gasteiger charge is 2.08. The maximum Gasteiger partial charge on any atom is 0.116 e. The Hall–Kier alpha value is -3.41. The molecule has 6 heteroatoms. The first kappa shape index (κ1) is 16.1. The van der Waals surface area contributed by atoms with E-state index in [-0.39, 0.29) is 0 Å². The summed E-state index contributed by atoms with van der Waals surface area (Å²) in [5, 5.41) is 10.4. The molecule has 0 spiro atoms. The summed E-state index contributed by atoms with van der Waals surface area (Å²) in [5.74, 6) is 0.989. The summed E-state index contributed by atoms with van der Waals surface area (Å²) < 4.78 is 2.07. The Bertz CT molecular complexity index is 1200. The van der Waals surface area contributed by atoms with Gasteiger partial charge >= 0.3 is 0 Å². The minimum absolute atomic E-state index is 0.815. The van der Waals surface area contributed by atoms with Gasteiger partial charge in [0.15, 0.2) is 0 Å². The van der Waals surface area contributed by atoms with E-state index >= 15 is 0 Å². The van der Waals surface area contributed by atoms with Gasteiger partial charge in [-0.25, -0.2) is 4.98 Å². The van der Waals surface area contributed by atoms with Crippen molar-refractivity contribution in [3.63, 3.8) is 0 Å². The molecule has 4 heterocycles. The molecule has 0 bridgehead atoms. The molecule has 0 fully saturated rings. The molecule has 6 nitrogen and oxygen atoms in total. The normalized spacial score (nSPS) is 13.0. The second-order valence-corrected chi connectivity index (χ2v) is 6.38. The van der Waals surface area contributed by atoms with Crippen molar-refractivity contribution in [2.24, 2.45) is 7.05 Å². The summed E-state index contributed by atoms with van der Waals surface area (Å²) in [6.45, 7) is 8.25. The first-order chi connectivity index (χ1) is 12.5. The average Bonchev–Trinajstić information content (AvgIpc) is 3.31. The molecular formula is C20H20N6. The SMILES string of the molecule is C=c1c(-c2cc3ccncc3[nH]2)n[nH]/c1=C/C=C(\C)c1cnc(C)n1C. The van der Waals surface area contributed by atoms with Crippen LogP contribution >= 0.6 is 0 Å². The highest BCUT2D eigenvalue weighted by molar-refractivity contribution is 5.84. The lowest BCUT2D eigenvalue weighted by Gasteiger charge is -2.02. The van der Waals surface area contributed by atoms with Crippen molar-refractivity contribution >= 4 is 29.1 Å². The van der Waals surface area contributed by atoms with Gasteiger partial charge < -0.3 is 9.55 Å². The van der Waals surface area contributed by atoms with E-state index in [0.717, 1.165) is 49.9 Å². The van der Waals surface area contributed by atoms with Crippen molar-refractivity contribution in [1.82, 2.24) is 29.7 Å². The van der Waals surface area contributed by atoms with Crippen LogP contribution in [-0.4, -0.2) is 29.7 Å². The number of aryl methyl sites for hydroxylation is 1. The molecule has 0 saturated heterocycles. The maximum atomic E-state index is 4.44. The van der Waals surface area contributed by atoms with E-state index in [0.29, 0.717) is 0 Å². The third-order valence-corrected chi connectivity index (χ3v) is 4.70. The number of pyridine rings is 1. The number of imidazole rings is 1. The molecule has 0 saturated carbocycles. The Morgan fingerprint density at radius 2 is 2.15 bits per heavy atom. The van der Waals surface area contributed by atoms with E-state index in [1.54, 1.807) is 6.20 Å². The van der Waals surface area contributed by atoms with Crippen molar-refractivity contribution < 1.29 is 0 Å². The topological polar surface area (TPSA) is 75.2 Å². The lowest BCUT2D eigenvalue weighted by Crippen LogP contribution is -2.21. The highest BCUT2D eigenvalue weighted by atomic mass is 15.1. The Morgan fingerprint density at radius 1 is 1.31 bits per heavy atom. The predicted octanol–water partition coefficient (Wildman–Crippen LogP) is 2.29. The second-order valence-electron chi connectivity index (χ2n) is 6.38. The van der Waals surface area contributed by atoms with E-state index in [9.17, 15) is 0 Å². The van der Waals surface area contributed by atoms with Crippen LogP contribution in [-0.2, 0) is 7.05 Å². The van der Waals surface area contributed by atoms with Crippen LogP contribution in [0.2, 0.25) is 0 Å². The average molecular weight is 344 g/mol. The number of allylic oxidation sites excluding steroid dienone is 2. The zero-order chi connectivity index (χ0) is 18.3. The molecule has 4 aromatic rings. The molecule has 0 unspecified atom stereocenters. The fourth-order valence-electron chi connectivity index (χ4n) is 3.00. The molecule has 130 valence electrons. The first-order valence-electron chi connectivity index (χ1n) is 8.38. The Balaban J connectivity index is 1.73. The second kappa shape index (κ2) is 6.15. The third-order valence-electron chi connectivity index (χ3n) is 4.70. The molecule has 0 aliphatic heterocycles. The van der Waals surface area contributed by atoms with Crippen LogP contribution in [0.25, 0.3) is 40.5 Å². The van der Waals surface area contributed by atoms with Gasteiger partial charge in [-0.1, -0.05) is 12.7 Å². The summed E-state index contributed by atoms with van der Waals surface area (Å²) in [4.78, 5) is 11.8. The number of nitrogens with one attached hydrogen (secondary N) is 2. The number of H-pyrrole nitrogens is 2. The fraction of sp³-hybridized carbons (Fsp3) is 0.150. The third kappa shape index (κ3) is 2.65. The number of aromatic nitrogens is 6. The van der Waals surface area contributed by atoms with Crippen LogP contribution in [0.3, 0.4) is 0 Å². The molecule has 0 aliphatic rings. The lowest BCUT2D eigenvalue weighted by molar-refractivity contribution is 0.845. The number of rotatable bonds is 3. The standard InChI is InChI=1S/C20H20N6/c1-12(19-11-22-14(3)26(19)4)5-6-16-13(2)20(25-24-16)17-9-15-7-8-21-10-18(15)23-17/h5-11,23-24H,2H2,1,3-4H3/b12-5+,16-6+. The zero-order valence-corrected chi connectivity index (χ0v) is 15.0. The number of hydrogen-bond donors (Lipinski definition) is 2. The van der Waals surface area contributed by atoms with Gasteiger partial charge in [0, 0.05) is 23.8 Å². The summed E-state index contributed by atoms with van der Waals surface area (Å²) in [5.41, 5.74) is 4.94. The van der Waals surface area contributed by atoms with E-state index in [1.165, 1.54) is 0 Å². The molecule has 0 atom stereocenters. The number of nitrogens with zero attached hydrogens (tertiary/aromatic N) is 4. The Morgan fingerprint density at radius 3 is 2.88 bits per heavy atom. The van der Waals surface area contributed by atoms with Gasteiger partial charge in [-0.3, -0.25) is 10.1 Å². The van der Waals surface area contributed by atoms with Crippen molar-refractivity contribution in [3.8, 4) is 11.4 Å². The smallest absolute Gasteiger partial charge is 0.116 e. The molecule has 2 N–H and O–H groups in total. The minimum atomic E-state index is 0.815. The fourth-order valence-corrected chi connectivity index (χ4v) is 3.00. The van der Waals surface area contributed by atoms with Gasteiger partial charge in [0.25, 0.3) is 0 Å². The molecule has 4 rings (SSSR count). The van der Waals surface area contributed by atoms with Gasteiger partial charge in [-0.05, 0) is 37.6 Å². The quantitative estimate of drug-likeness (QED) is 0.599. The number of fused-ring (bicyclic) bond motifs is 1. The van der Waals surface area contributed by atoms with E-state index in [1.807, 2.05) is 38.5 Å². The predicted molar refractivity (Wildman–Crippen MR) is 105 cm³/mol. The molecule has 26 heavy (non-hydrogen) atoms. The maximum absolute atomic E-state index is 4.44. The first-order valence-corrected chi connectivity index (χ1v) is 8.38. The van der Waals surface area contributed by atoms with E-state index in [2.05, 4.69) is 55.4 Å². The van der Waals surface area contributed by atoms with Gasteiger partial charge in [-0.2, -0.15) is 5.10 Å². The van der Waals surface area contributed by atoms with E-state index in [4.69, 9.17) is 0 Å². The van der Waals surface area contributed by atoms with Crippen molar-refractivity contribution in [1.29, 1.82) is 0 Å². The van der Waals surface area contributed by atoms with Crippen LogP contribution in [0.5, 0.6) is 0 Å². The van der Waals surface area contributed by atoms with Crippen LogP contribution in [0.4, 0.5) is 0 Å². The van der Waals surface area contributed by atoms with Crippen LogP contribution in [0, 0.1) is 6.92 Å². The van der Waals surface area contributed by atoms with Gasteiger partial charge in [-0.15, -0.1) is 0 Å². The molecule has 0 radical (unpaired) electrons. The van der Waals surface area contributed by atoms with Crippen molar-refractivity contribution in [2.75, 3.05) is 0 Å². The Labute approximate surface area is 150 Å². The molecule has 0 amide bonds. The zero-order valence-electron chi connectivity index (χ0n) is 15.0. The number of hydrogen-bond acceptors (Lipinski definition) is 3. The monoisotopic (exact) mass is 344 g/mol. The molecule has 0 aromatic carbocycles. The Kier molecular flexibility index (Phi) is 3.80. The van der Waals surface area contributed by atoms with Gasteiger partial charge in [0.05, 0.1) is 34.6 Å². The van der Waals surface area contributed by atoms with Crippen molar-refractivity contribution in [2.45, 2.75) is 13.8 Å². The highest BCUT2D eigenvalue weighted by Crippen LogP contribution is 2.19. The minimum Gasteiger partial charge on any atom is -0.352 e. The summed E-state index contributed by atoms with van der Waals surface area (Å²) in [6.07, 6.45) is 9.53. The lowest BCUT2D eigenvalue weighted by atomic mass is 10.2. The summed E-state index contributed by atoms with van der Waals surface area (Å²) in [7, 11) is 2.01. The summed E-state index contributed by atoms with van der Waals surface area (Å²) >= 11 is 0. The van der Waals surface area contributed by atoms with Crippen LogP contribution < -0.4 is 10.6 Å².